The van der Waals surface area contributed by atoms with Gasteiger partial charge in [-0.3, -0.25) is 4.79 Å². The number of likely N-dealkylation sites (tertiary alicyclic amines) is 1. The third-order valence-corrected chi connectivity index (χ3v) is 5.59. The van der Waals surface area contributed by atoms with Crippen LogP contribution < -0.4 is 5.32 Å². The van der Waals surface area contributed by atoms with Crippen LogP contribution in [0.1, 0.15) is 24.0 Å². The van der Waals surface area contributed by atoms with Crippen LogP contribution in [0.4, 0.5) is 4.39 Å². The number of nitrogens with one attached hydrogen (secondary N) is 1. The highest BCUT2D eigenvalue weighted by Crippen LogP contribution is 2.23. The molecule has 5 nitrogen and oxygen atoms in total. The van der Waals surface area contributed by atoms with Crippen molar-refractivity contribution in [1.82, 2.24) is 10.2 Å². The molecule has 0 aliphatic carbocycles. The number of amides is 1. The molecule has 0 radical (unpaired) electrons. The van der Waals surface area contributed by atoms with Crippen molar-refractivity contribution in [2.75, 3.05) is 26.2 Å². The number of benzene rings is 2. The number of halogens is 1. The minimum atomic E-state index is -1.25. The van der Waals surface area contributed by atoms with E-state index in [2.05, 4.69) is 5.32 Å². The lowest BCUT2D eigenvalue weighted by molar-refractivity contribution is -0.148. The van der Waals surface area contributed by atoms with Gasteiger partial charge in [-0.05, 0) is 49.1 Å². The highest BCUT2D eigenvalue weighted by molar-refractivity contribution is 5.76. The number of aryl methyl sites for hydroxylation is 1. The molecule has 29 heavy (non-hydrogen) atoms. The fourth-order valence-corrected chi connectivity index (χ4v) is 3.64. The molecule has 156 valence electrons. The van der Waals surface area contributed by atoms with Gasteiger partial charge in [-0.2, -0.15) is 0 Å². The number of β-amino-alcohol motifs (C(OH)–C–C–N with tert-alkyl or cyclic N) is 1. The van der Waals surface area contributed by atoms with Gasteiger partial charge >= 0.3 is 0 Å². The summed E-state index contributed by atoms with van der Waals surface area (Å²) in [4.78, 5) is 14.1. The van der Waals surface area contributed by atoms with E-state index in [0.717, 1.165) is 11.1 Å². The van der Waals surface area contributed by atoms with Crippen LogP contribution in [-0.2, 0) is 17.6 Å². The molecule has 2 atom stereocenters. The molecular weight excluding hydrogens is 371 g/mol. The summed E-state index contributed by atoms with van der Waals surface area (Å²) < 4.78 is 12.9. The normalized spacial score (nSPS) is 21.9. The second-order valence-corrected chi connectivity index (χ2v) is 7.75. The molecule has 0 bridgehead atoms. The maximum atomic E-state index is 12.9. The van der Waals surface area contributed by atoms with Crippen molar-refractivity contribution in [2.45, 2.75) is 37.4 Å². The second kappa shape index (κ2) is 9.96. The molecule has 0 saturated carbocycles. The van der Waals surface area contributed by atoms with Crippen molar-refractivity contribution in [3.8, 4) is 0 Å². The molecule has 0 spiro atoms. The first-order chi connectivity index (χ1) is 14.0. The third kappa shape index (κ3) is 6.10. The van der Waals surface area contributed by atoms with Gasteiger partial charge in [0.1, 0.15) is 17.5 Å². The van der Waals surface area contributed by atoms with Gasteiger partial charge in [0.2, 0.25) is 5.91 Å². The Morgan fingerprint density at radius 1 is 1.10 bits per heavy atom. The van der Waals surface area contributed by atoms with E-state index < -0.39 is 11.7 Å². The maximum Gasteiger partial charge on any atom is 0.222 e. The van der Waals surface area contributed by atoms with Crippen molar-refractivity contribution in [3.63, 3.8) is 0 Å². The lowest BCUT2D eigenvalue weighted by atomic mass is 9.88. The minimum Gasteiger partial charge on any atom is -0.388 e. The average molecular weight is 400 g/mol. The summed E-state index contributed by atoms with van der Waals surface area (Å²) in [6.45, 7) is 1.44. The fraction of sp³-hybridized carbons (Fsp3) is 0.435. The van der Waals surface area contributed by atoms with Gasteiger partial charge in [-0.25, -0.2) is 4.39 Å². The Morgan fingerprint density at radius 3 is 2.48 bits per heavy atom. The van der Waals surface area contributed by atoms with E-state index in [1.807, 2.05) is 30.3 Å². The van der Waals surface area contributed by atoms with Gasteiger partial charge < -0.3 is 20.4 Å². The summed E-state index contributed by atoms with van der Waals surface area (Å²) in [5, 5.41) is 24.4. The highest BCUT2D eigenvalue weighted by Gasteiger charge is 2.41. The summed E-state index contributed by atoms with van der Waals surface area (Å²) in [7, 11) is 0. The predicted octanol–water partition coefficient (Wildman–Crippen LogP) is 1.91. The van der Waals surface area contributed by atoms with Crippen LogP contribution in [0.15, 0.2) is 54.6 Å². The average Bonchev–Trinajstić information content (AvgIpc) is 2.74. The lowest BCUT2D eigenvalue weighted by Gasteiger charge is -2.42. The van der Waals surface area contributed by atoms with Crippen LogP contribution in [-0.4, -0.2) is 58.9 Å². The molecule has 0 aromatic heterocycles. The van der Waals surface area contributed by atoms with Crippen molar-refractivity contribution < 1.29 is 19.4 Å². The number of hydrogen-bond acceptors (Lipinski definition) is 4. The molecule has 3 rings (SSSR count). The lowest BCUT2D eigenvalue weighted by Crippen LogP contribution is -2.60. The van der Waals surface area contributed by atoms with Crippen molar-refractivity contribution >= 4 is 5.91 Å². The summed E-state index contributed by atoms with van der Waals surface area (Å²) >= 11 is 0. The quantitative estimate of drug-likeness (QED) is 0.592. The van der Waals surface area contributed by atoms with Gasteiger partial charge in [0.05, 0.1) is 0 Å². The van der Waals surface area contributed by atoms with Crippen LogP contribution in [0.25, 0.3) is 0 Å². The first-order valence-corrected chi connectivity index (χ1v) is 10.1. The fourth-order valence-electron chi connectivity index (χ4n) is 3.64. The molecule has 1 fully saturated rings. The second-order valence-electron chi connectivity index (χ2n) is 7.75. The van der Waals surface area contributed by atoms with Gasteiger partial charge in [-0.1, -0.05) is 42.5 Å². The van der Waals surface area contributed by atoms with E-state index in [-0.39, 0.29) is 24.8 Å². The van der Waals surface area contributed by atoms with Gasteiger partial charge in [0.25, 0.3) is 0 Å². The number of piperidine rings is 1. The summed E-state index contributed by atoms with van der Waals surface area (Å²) in [6, 6.07) is 16.2. The van der Waals surface area contributed by atoms with Crippen LogP contribution in [0, 0.1) is 5.82 Å². The van der Waals surface area contributed by atoms with Crippen LogP contribution in [0.5, 0.6) is 0 Å². The molecule has 1 saturated heterocycles. The molecule has 2 aromatic rings. The van der Waals surface area contributed by atoms with E-state index in [9.17, 15) is 19.4 Å². The first kappa shape index (κ1) is 21.4. The molecule has 6 heteroatoms. The van der Waals surface area contributed by atoms with Crippen molar-refractivity contribution in [3.05, 3.63) is 71.5 Å². The number of nitrogens with zero attached hydrogens (tertiary/aromatic N) is 1. The standard InChI is InChI=1S/C23H29FN2O3/c24-20-9-6-19(7-10-20)12-14-25-17-23(29)13-15-26(16-21(23)27)22(28)11-8-18-4-2-1-3-5-18/h1-7,9-10,21,25,27,29H,8,11-17H2/t21-,23-/m0/s1. The Hall–Kier alpha value is -2.28. The van der Waals surface area contributed by atoms with Crippen LogP contribution in [0.2, 0.25) is 0 Å². The molecule has 1 heterocycles. The Morgan fingerprint density at radius 2 is 1.79 bits per heavy atom. The van der Waals surface area contributed by atoms with Gasteiger partial charge in [0.15, 0.2) is 0 Å². The predicted molar refractivity (Wildman–Crippen MR) is 110 cm³/mol. The summed E-state index contributed by atoms with van der Waals surface area (Å²) in [5.41, 5.74) is 0.865. The van der Waals surface area contributed by atoms with Crippen LogP contribution in [0.3, 0.4) is 0 Å². The van der Waals surface area contributed by atoms with Gasteiger partial charge in [0, 0.05) is 26.1 Å². The Bertz CT molecular complexity index is 784. The maximum absolute atomic E-state index is 12.9. The Balaban J connectivity index is 1.40. The Kier molecular flexibility index (Phi) is 7.36. The molecule has 1 aliphatic heterocycles. The number of aliphatic hydroxyl groups is 2. The zero-order valence-corrected chi connectivity index (χ0v) is 16.6. The van der Waals surface area contributed by atoms with Crippen LogP contribution >= 0.6 is 0 Å². The molecule has 1 aliphatic rings. The SMILES string of the molecule is O=C(CCc1ccccc1)N1CC[C@](O)(CNCCc2ccc(F)cc2)[C@@H](O)C1. The number of carbonyl (C=O) groups excluding carboxylic acids is 1. The van der Waals surface area contributed by atoms with E-state index in [4.69, 9.17) is 0 Å². The summed E-state index contributed by atoms with van der Waals surface area (Å²) in [6.07, 6.45) is 1.10. The van der Waals surface area contributed by atoms with E-state index in [1.165, 1.54) is 12.1 Å². The van der Waals surface area contributed by atoms with E-state index in [0.29, 0.717) is 38.8 Å². The number of carbonyl (C=O) groups is 1. The molecule has 0 unspecified atom stereocenters. The zero-order chi connectivity index (χ0) is 20.7. The Labute approximate surface area is 171 Å². The van der Waals surface area contributed by atoms with Crippen molar-refractivity contribution in [2.24, 2.45) is 0 Å². The minimum absolute atomic E-state index is 0.000720. The smallest absolute Gasteiger partial charge is 0.222 e. The molecule has 2 aromatic carbocycles. The topological polar surface area (TPSA) is 72.8 Å². The molecular formula is C23H29FN2O3. The first-order valence-electron chi connectivity index (χ1n) is 10.1. The monoisotopic (exact) mass is 400 g/mol. The number of rotatable bonds is 8. The number of hydrogen-bond donors (Lipinski definition) is 3. The van der Waals surface area contributed by atoms with Gasteiger partial charge in [-0.15, -0.1) is 0 Å². The highest BCUT2D eigenvalue weighted by atomic mass is 19.1. The number of aliphatic hydroxyl groups excluding tert-OH is 1. The summed E-state index contributed by atoms with van der Waals surface area (Å²) in [5.74, 6) is -0.261. The largest absolute Gasteiger partial charge is 0.388 e. The zero-order valence-electron chi connectivity index (χ0n) is 16.6. The third-order valence-electron chi connectivity index (χ3n) is 5.59. The molecule has 1 amide bonds. The molecule has 3 N–H and O–H groups in total. The van der Waals surface area contributed by atoms with E-state index in [1.54, 1.807) is 17.0 Å². The van der Waals surface area contributed by atoms with Crippen molar-refractivity contribution in [1.29, 1.82) is 0 Å². The van der Waals surface area contributed by atoms with E-state index >= 15 is 0 Å².